The van der Waals surface area contributed by atoms with Gasteiger partial charge < -0.3 is 23.1 Å². The van der Waals surface area contributed by atoms with E-state index in [0.717, 1.165) is 6.04 Å². The number of benzene rings is 3. The number of halogens is 1. The first-order valence-corrected chi connectivity index (χ1v) is 30.3. The largest absolute Gasteiger partial charge is 0.462 e. The maximum absolute atomic E-state index is 15.5. The van der Waals surface area contributed by atoms with Gasteiger partial charge in [-0.3, -0.25) is 0 Å². The standard InChI is InChI=1S/C50H75FO6Si3/c1-36(38(3)56-60(49(7,8)9,39-24-19-17-20-25-39)40-26-21-18-22-27-40)31-33-44(57-59(15,16)48(4,5)6)46-43(54-50(10,11)55-46)29-23-28-41-42(51)32-30-37(2)45(41)47(52)53-34-35-58(12,13)14/h17-28,30-33,36,38,43-44,46H,29,34-35H2,1-16H3/b28-23+,33-31-/t36-,38+,43-,44?,46+/m1/s1. The molecular weight excluding hydrogens is 800 g/mol. The Hall–Kier alpha value is -2.97. The number of ether oxygens (including phenoxy) is 3. The molecule has 1 aliphatic heterocycles. The Kier molecular flexibility index (Phi) is 16.2. The van der Waals surface area contributed by atoms with E-state index >= 15 is 4.39 Å². The van der Waals surface area contributed by atoms with Crippen molar-refractivity contribution < 1.29 is 32.2 Å². The normalized spacial score (nSPS) is 19.5. The van der Waals surface area contributed by atoms with Crippen molar-refractivity contribution in [3.63, 3.8) is 0 Å². The zero-order valence-electron chi connectivity index (χ0n) is 39.6. The average Bonchev–Trinajstić information content (AvgIpc) is 3.46. The highest BCUT2D eigenvalue weighted by molar-refractivity contribution is 6.99. The Labute approximate surface area is 365 Å². The summed E-state index contributed by atoms with van der Waals surface area (Å²) in [6.07, 6.45) is 6.96. The highest BCUT2D eigenvalue weighted by Crippen LogP contribution is 2.42. The van der Waals surface area contributed by atoms with Crippen molar-refractivity contribution in [3.05, 3.63) is 114 Å². The minimum Gasteiger partial charge on any atom is -0.462 e. The molecule has 0 N–H and O–H groups in total. The van der Waals surface area contributed by atoms with Crippen LogP contribution >= 0.6 is 0 Å². The Morgan fingerprint density at radius 1 is 0.817 bits per heavy atom. The molecule has 5 atom stereocenters. The Morgan fingerprint density at radius 2 is 1.38 bits per heavy atom. The van der Waals surface area contributed by atoms with Gasteiger partial charge in [-0.05, 0) is 91.3 Å². The minimum absolute atomic E-state index is 0.0269. The maximum Gasteiger partial charge on any atom is 0.339 e. The van der Waals surface area contributed by atoms with Gasteiger partial charge in [-0.25, -0.2) is 9.18 Å². The van der Waals surface area contributed by atoms with E-state index < -0.39 is 60.6 Å². The van der Waals surface area contributed by atoms with Crippen LogP contribution in [-0.2, 0) is 23.1 Å². The third-order valence-electron chi connectivity index (χ3n) is 12.2. The molecular formula is C50H75FO6Si3. The number of aryl methyl sites for hydroxylation is 1. The fourth-order valence-corrected chi connectivity index (χ4v) is 14.3. The van der Waals surface area contributed by atoms with Gasteiger partial charge in [-0.2, -0.15) is 0 Å². The summed E-state index contributed by atoms with van der Waals surface area (Å²) in [7, 11) is -6.54. The van der Waals surface area contributed by atoms with Crippen LogP contribution in [0.3, 0.4) is 0 Å². The van der Waals surface area contributed by atoms with Gasteiger partial charge in [-0.15, -0.1) is 0 Å². The molecule has 1 aliphatic rings. The first kappa shape index (κ1) is 49.7. The number of carbonyl (C=O) groups is 1. The summed E-state index contributed by atoms with van der Waals surface area (Å²) in [5.41, 5.74) is 1.15. The van der Waals surface area contributed by atoms with E-state index in [-0.39, 0.29) is 33.2 Å². The Bertz CT molecular complexity index is 1890. The summed E-state index contributed by atoms with van der Waals surface area (Å²) >= 11 is 0. The molecule has 0 saturated carbocycles. The van der Waals surface area contributed by atoms with Crippen molar-refractivity contribution in [1.82, 2.24) is 0 Å². The van der Waals surface area contributed by atoms with Crippen molar-refractivity contribution in [3.8, 4) is 0 Å². The van der Waals surface area contributed by atoms with E-state index in [1.165, 1.54) is 16.4 Å². The van der Waals surface area contributed by atoms with Crippen molar-refractivity contribution >= 4 is 47.1 Å². The minimum atomic E-state index is -2.79. The molecule has 0 bridgehead atoms. The van der Waals surface area contributed by atoms with E-state index in [4.69, 9.17) is 23.1 Å². The third kappa shape index (κ3) is 12.4. The predicted octanol–water partition coefficient (Wildman–Crippen LogP) is 12.1. The number of esters is 1. The van der Waals surface area contributed by atoms with Crippen molar-refractivity contribution in [2.75, 3.05) is 6.61 Å². The number of hydrogen-bond donors (Lipinski definition) is 0. The molecule has 6 nitrogen and oxygen atoms in total. The molecule has 1 saturated heterocycles. The van der Waals surface area contributed by atoms with Crippen LogP contribution in [0.1, 0.15) is 97.1 Å². The number of rotatable bonds is 17. The van der Waals surface area contributed by atoms with Gasteiger partial charge in [0.2, 0.25) is 0 Å². The lowest BCUT2D eigenvalue weighted by Gasteiger charge is -2.45. The molecule has 0 spiro atoms. The summed E-state index contributed by atoms with van der Waals surface area (Å²) < 4.78 is 49.2. The topological polar surface area (TPSA) is 63.2 Å². The van der Waals surface area contributed by atoms with Gasteiger partial charge in [-0.1, -0.05) is 159 Å². The van der Waals surface area contributed by atoms with Gasteiger partial charge >= 0.3 is 5.97 Å². The molecule has 1 fully saturated rings. The molecule has 330 valence electrons. The highest BCUT2D eigenvalue weighted by atomic mass is 28.4. The van der Waals surface area contributed by atoms with Crippen LogP contribution in [-0.4, -0.2) is 67.5 Å². The van der Waals surface area contributed by atoms with Crippen LogP contribution in [0.5, 0.6) is 0 Å². The highest BCUT2D eigenvalue weighted by Gasteiger charge is 2.52. The lowest BCUT2D eigenvalue weighted by Crippen LogP contribution is -2.67. The van der Waals surface area contributed by atoms with Crippen LogP contribution < -0.4 is 10.4 Å². The fraction of sp³-hybridized carbons (Fsp3) is 0.540. The lowest BCUT2D eigenvalue weighted by molar-refractivity contribution is -0.151. The number of hydrogen-bond acceptors (Lipinski definition) is 6. The molecule has 60 heavy (non-hydrogen) atoms. The summed E-state index contributed by atoms with van der Waals surface area (Å²) in [5, 5.41) is 2.28. The second kappa shape index (κ2) is 19.6. The summed E-state index contributed by atoms with van der Waals surface area (Å²) in [4.78, 5) is 13.3. The lowest BCUT2D eigenvalue weighted by atomic mass is 9.98. The van der Waals surface area contributed by atoms with Gasteiger partial charge in [0.05, 0.1) is 24.4 Å². The molecule has 0 amide bonds. The van der Waals surface area contributed by atoms with Gasteiger partial charge in [0.1, 0.15) is 11.9 Å². The van der Waals surface area contributed by atoms with Gasteiger partial charge in [0.15, 0.2) is 14.1 Å². The van der Waals surface area contributed by atoms with E-state index in [0.29, 0.717) is 18.6 Å². The molecule has 3 aromatic carbocycles. The average molecular weight is 875 g/mol. The van der Waals surface area contributed by atoms with Crippen molar-refractivity contribution in [1.29, 1.82) is 0 Å². The molecule has 3 aromatic rings. The molecule has 1 unspecified atom stereocenters. The van der Waals surface area contributed by atoms with Crippen molar-refractivity contribution in [2.24, 2.45) is 5.92 Å². The zero-order chi connectivity index (χ0) is 44.9. The Morgan fingerprint density at radius 3 is 1.90 bits per heavy atom. The smallest absolute Gasteiger partial charge is 0.339 e. The van der Waals surface area contributed by atoms with E-state index in [1.54, 1.807) is 12.1 Å². The van der Waals surface area contributed by atoms with Crippen LogP contribution in [0.25, 0.3) is 6.08 Å². The summed E-state index contributed by atoms with van der Waals surface area (Å²) in [6, 6.07) is 25.4. The summed E-state index contributed by atoms with van der Waals surface area (Å²) in [6.45, 7) is 35.2. The van der Waals surface area contributed by atoms with Crippen LogP contribution in [0.15, 0.2) is 91.0 Å². The maximum atomic E-state index is 15.5. The monoisotopic (exact) mass is 874 g/mol. The van der Waals surface area contributed by atoms with Gasteiger partial charge in [0.25, 0.3) is 8.32 Å². The number of carbonyl (C=O) groups excluding carboxylic acids is 1. The predicted molar refractivity (Wildman–Crippen MR) is 256 cm³/mol. The third-order valence-corrected chi connectivity index (χ3v) is 23.6. The van der Waals surface area contributed by atoms with Crippen LogP contribution in [0.4, 0.5) is 4.39 Å². The van der Waals surface area contributed by atoms with Crippen LogP contribution in [0, 0.1) is 18.7 Å². The summed E-state index contributed by atoms with van der Waals surface area (Å²) in [5.74, 6) is -1.82. The molecule has 0 aromatic heterocycles. The van der Waals surface area contributed by atoms with E-state index in [1.807, 2.05) is 26.8 Å². The molecule has 0 aliphatic carbocycles. The fourth-order valence-electron chi connectivity index (χ4n) is 7.55. The van der Waals surface area contributed by atoms with E-state index in [2.05, 4.69) is 161 Å². The Balaban J connectivity index is 1.67. The quantitative estimate of drug-likeness (QED) is 0.0765. The second-order valence-electron chi connectivity index (χ2n) is 20.9. The zero-order valence-corrected chi connectivity index (χ0v) is 42.6. The molecule has 0 radical (unpaired) electrons. The SMILES string of the molecule is Cc1ccc(F)c(/C=C/C[C@H]2OC(C)(C)O[C@@H]2C(/C=C\[C@@H](C)[C@H](C)O[Si](c2ccccc2)(c2ccccc2)C(C)(C)C)O[Si](C)(C)C(C)(C)C)c1C(=O)OCC[Si](C)(C)C. The first-order chi connectivity index (χ1) is 27.7. The van der Waals surface area contributed by atoms with Gasteiger partial charge in [0, 0.05) is 19.7 Å². The second-order valence-corrected chi connectivity index (χ2v) is 35.6. The first-order valence-electron chi connectivity index (χ1n) is 21.8. The van der Waals surface area contributed by atoms with Crippen LogP contribution in [0.2, 0.25) is 48.9 Å². The van der Waals surface area contributed by atoms with E-state index in [9.17, 15) is 4.79 Å². The van der Waals surface area contributed by atoms with Crippen molar-refractivity contribution in [2.45, 2.75) is 162 Å². The molecule has 1 heterocycles. The molecule has 4 rings (SSSR count). The molecule has 10 heteroatoms.